The first-order valence-corrected chi connectivity index (χ1v) is 8.70. The molecule has 0 bridgehead atoms. The smallest absolute Gasteiger partial charge is 0.193 e. The van der Waals surface area contributed by atoms with Crippen LogP contribution < -0.4 is 5.32 Å². The number of aliphatic imine (C=N–C) groups is 1. The molecule has 1 aromatic heterocycles. The van der Waals surface area contributed by atoms with E-state index in [1.54, 1.807) is 25.4 Å². The van der Waals surface area contributed by atoms with Crippen LogP contribution >= 0.6 is 24.0 Å². The maximum Gasteiger partial charge on any atom is 0.193 e. The minimum absolute atomic E-state index is 0. The predicted molar refractivity (Wildman–Crippen MR) is 111 cm³/mol. The molecule has 3 rings (SSSR count). The Bertz CT molecular complexity index is 697. The summed E-state index contributed by atoms with van der Waals surface area (Å²) in [6.45, 7) is 1.41. The number of rotatable bonds is 5. The molecule has 1 aliphatic carbocycles. The van der Waals surface area contributed by atoms with Crippen LogP contribution in [0.5, 0.6) is 0 Å². The first-order valence-electron chi connectivity index (χ1n) is 8.70. The highest BCUT2D eigenvalue weighted by Gasteiger charge is 2.35. The molecule has 1 heterocycles. The highest BCUT2D eigenvalue weighted by Crippen LogP contribution is 2.40. The molecule has 5 nitrogen and oxygen atoms in total. The van der Waals surface area contributed by atoms with Gasteiger partial charge in [-0.2, -0.15) is 0 Å². The largest absolute Gasteiger partial charge is 0.364 e. The normalized spacial score (nSPS) is 16.2. The lowest BCUT2D eigenvalue weighted by Crippen LogP contribution is -2.45. The van der Waals surface area contributed by atoms with Gasteiger partial charge in [0.2, 0.25) is 0 Å². The second kappa shape index (κ2) is 9.34. The minimum atomic E-state index is -0.187. The van der Waals surface area contributed by atoms with Crippen molar-refractivity contribution in [2.24, 2.45) is 4.99 Å². The van der Waals surface area contributed by atoms with E-state index in [1.807, 2.05) is 30.1 Å². The van der Waals surface area contributed by atoms with Crippen molar-refractivity contribution in [1.29, 1.82) is 0 Å². The van der Waals surface area contributed by atoms with Crippen molar-refractivity contribution in [2.75, 3.05) is 20.6 Å². The molecule has 0 saturated heterocycles. The number of nitrogens with zero attached hydrogens (tertiary/aromatic N) is 3. The summed E-state index contributed by atoms with van der Waals surface area (Å²) in [6, 6.07) is 8.80. The zero-order chi connectivity index (χ0) is 17.7. The standard InChI is InChI=1S/C19H25FN4O.HI/c1-21-18(24(2)13-17-9-12-25-23-17)22-14-19(10-3-4-11-19)15-5-7-16(20)8-6-15;/h5-9,12H,3-4,10-11,13-14H2,1-2H3,(H,21,22);1H. The molecule has 0 unspecified atom stereocenters. The molecule has 1 N–H and O–H groups in total. The van der Waals surface area contributed by atoms with E-state index in [0.29, 0.717) is 6.54 Å². The van der Waals surface area contributed by atoms with Gasteiger partial charge in [-0.25, -0.2) is 4.39 Å². The van der Waals surface area contributed by atoms with E-state index < -0.39 is 0 Å². The molecule has 0 spiro atoms. The highest BCUT2D eigenvalue weighted by atomic mass is 127. The molecular formula is C19H26FIN4O. The summed E-state index contributed by atoms with van der Waals surface area (Å²) >= 11 is 0. The van der Waals surface area contributed by atoms with Gasteiger partial charge >= 0.3 is 0 Å². The van der Waals surface area contributed by atoms with Crippen molar-refractivity contribution in [3.63, 3.8) is 0 Å². The van der Waals surface area contributed by atoms with Crippen LogP contribution in [0.25, 0.3) is 0 Å². The highest BCUT2D eigenvalue weighted by molar-refractivity contribution is 14.0. The van der Waals surface area contributed by atoms with E-state index in [-0.39, 0.29) is 35.2 Å². The third-order valence-corrected chi connectivity index (χ3v) is 5.07. The fraction of sp³-hybridized carbons (Fsp3) is 0.474. The summed E-state index contributed by atoms with van der Waals surface area (Å²) in [7, 11) is 3.75. The Morgan fingerprint density at radius 2 is 1.96 bits per heavy atom. The van der Waals surface area contributed by atoms with E-state index in [2.05, 4.69) is 15.5 Å². The Balaban J connectivity index is 0.00000243. The Hall–Kier alpha value is -1.64. The third kappa shape index (κ3) is 4.75. The molecule has 2 aromatic rings. The van der Waals surface area contributed by atoms with Gasteiger partial charge in [-0.3, -0.25) is 4.99 Å². The van der Waals surface area contributed by atoms with Crippen molar-refractivity contribution < 1.29 is 8.91 Å². The SMILES string of the molecule is CN=C(NCC1(c2ccc(F)cc2)CCCC1)N(C)Cc1ccon1.I. The summed E-state index contributed by atoms with van der Waals surface area (Å²) in [6.07, 6.45) is 6.19. The van der Waals surface area contributed by atoms with Crippen molar-refractivity contribution in [2.45, 2.75) is 37.6 Å². The second-order valence-electron chi connectivity index (χ2n) is 6.74. The van der Waals surface area contributed by atoms with Gasteiger partial charge in [0.05, 0.1) is 6.54 Å². The summed E-state index contributed by atoms with van der Waals surface area (Å²) < 4.78 is 18.2. The molecule has 1 aromatic carbocycles. The average molecular weight is 472 g/mol. The van der Waals surface area contributed by atoms with E-state index in [4.69, 9.17) is 4.52 Å². The third-order valence-electron chi connectivity index (χ3n) is 5.07. The molecule has 0 radical (unpaired) electrons. The van der Waals surface area contributed by atoms with E-state index in [0.717, 1.165) is 31.0 Å². The van der Waals surface area contributed by atoms with Gasteiger partial charge in [-0.1, -0.05) is 30.1 Å². The molecule has 1 fully saturated rings. The zero-order valence-electron chi connectivity index (χ0n) is 15.2. The van der Waals surface area contributed by atoms with Gasteiger partial charge in [0, 0.05) is 32.1 Å². The summed E-state index contributed by atoms with van der Waals surface area (Å²) in [5, 5.41) is 7.45. The second-order valence-corrected chi connectivity index (χ2v) is 6.74. The lowest BCUT2D eigenvalue weighted by atomic mass is 9.79. The lowest BCUT2D eigenvalue weighted by molar-refractivity contribution is 0.383. The molecule has 1 aliphatic rings. The van der Waals surface area contributed by atoms with Gasteiger partial charge in [-0.05, 0) is 30.5 Å². The van der Waals surface area contributed by atoms with E-state index in [1.165, 1.54) is 18.4 Å². The van der Waals surface area contributed by atoms with Gasteiger partial charge in [0.15, 0.2) is 5.96 Å². The van der Waals surface area contributed by atoms with Crippen LogP contribution in [0, 0.1) is 5.82 Å². The number of hydrogen-bond donors (Lipinski definition) is 1. The minimum Gasteiger partial charge on any atom is -0.364 e. The number of halogens is 2. The maximum absolute atomic E-state index is 13.3. The van der Waals surface area contributed by atoms with Crippen LogP contribution in [0.4, 0.5) is 4.39 Å². The van der Waals surface area contributed by atoms with Crippen LogP contribution in [0.1, 0.15) is 36.9 Å². The topological polar surface area (TPSA) is 53.7 Å². The number of hydrogen-bond acceptors (Lipinski definition) is 3. The van der Waals surface area contributed by atoms with Crippen LogP contribution in [0.2, 0.25) is 0 Å². The van der Waals surface area contributed by atoms with Crippen molar-refractivity contribution in [1.82, 2.24) is 15.4 Å². The molecule has 1 saturated carbocycles. The monoisotopic (exact) mass is 472 g/mol. The Labute approximate surface area is 171 Å². The zero-order valence-corrected chi connectivity index (χ0v) is 17.6. The number of guanidine groups is 1. The number of benzene rings is 1. The predicted octanol–water partition coefficient (Wildman–Crippen LogP) is 3.95. The molecule has 0 aliphatic heterocycles. The molecule has 0 amide bonds. The van der Waals surface area contributed by atoms with Crippen molar-refractivity contribution in [3.8, 4) is 0 Å². The number of aromatic nitrogens is 1. The fourth-order valence-electron chi connectivity index (χ4n) is 3.69. The van der Waals surface area contributed by atoms with Gasteiger partial charge < -0.3 is 14.7 Å². The Morgan fingerprint density at radius 3 is 2.54 bits per heavy atom. The van der Waals surface area contributed by atoms with E-state index in [9.17, 15) is 4.39 Å². The van der Waals surface area contributed by atoms with Crippen LogP contribution in [-0.2, 0) is 12.0 Å². The van der Waals surface area contributed by atoms with Crippen LogP contribution in [0.15, 0.2) is 46.1 Å². The van der Waals surface area contributed by atoms with Crippen LogP contribution in [-0.4, -0.2) is 36.7 Å². The molecule has 26 heavy (non-hydrogen) atoms. The lowest BCUT2D eigenvalue weighted by Gasteiger charge is -2.32. The summed E-state index contributed by atoms with van der Waals surface area (Å²) in [5.74, 6) is 0.629. The first-order chi connectivity index (χ1) is 12.1. The van der Waals surface area contributed by atoms with Crippen molar-refractivity contribution >= 4 is 29.9 Å². The molecule has 0 atom stereocenters. The summed E-state index contributed by atoms with van der Waals surface area (Å²) in [4.78, 5) is 6.40. The Morgan fingerprint density at radius 1 is 1.27 bits per heavy atom. The number of nitrogens with one attached hydrogen (secondary N) is 1. The maximum atomic E-state index is 13.3. The molecule has 7 heteroatoms. The van der Waals surface area contributed by atoms with Crippen molar-refractivity contribution in [3.05, 3.63) is 53.7 Å². The quantitative estimate of drug-likeness (QED) is 0.407. The Kier molecular flexibility index (Phi) is 7.43. The summed E-state index contributed by atoms with van der Waals surface area (Å²) in [5.41, 5.74) is 2.10. The van der Waals surface area contributed by atoms with E-state index >= 15 is 0 Å². The van der Waals surface area contributed by atoms with Gasteiger partial charge in [-0.15, -0.1) is 24.0 Å². The van der Waals surface area contributed by atoms with Crippen LogP contribution in [0.3, 0.4) is 0 Å². The molecular weight excluding hydrogens is 446 g/mol. The average Bonchev–Trinajstić information content (AvgIpc) is 3.28. The first kappa shape index (κ1) is 20.7. The van der Waals surface area contributed by atoms with Gasteiger partial charge in [0.25, 0.3) is 0 Å². The van der Waals surface area contributed by atoms with Gasteiger partial charge in [0.1, 0.15) is 17.8 Å². The molecule has 142 valence electrons. The fourth-order valence-corrected chi connectivity index (χ4v) is 3.69.